The standard InChI is InChI=1S/C14H30O2Si/c1-6-16-17(12(2)3,13(4)5)10-8-7-9-14-11-15-14/h12-14H,6-11H2,1-5H3. The van der Waals surface area contributed by atoms with E-state index in [4.69, 9.17) is 9.16 Å². The highest BCUT2D eigenvalue weighted by Crippen LogP contribution is 2.38. The van der Waals surface area contributed by atoms with Gasteiger partial charge in [-0.3, -0.25) is 0 Å². The average molecular weight is 258 g/mol. The number of hydrogen-bond acceptors (Lipinski definition) is 2. The van der Waals surface area contributed by atoms with E-state index < -0.39 is 8.32 Å². The molecular formula is C14H30O2Si. The van der Waals surface area contributed by atoms with Crippen molar-refractivity contribution < 1.29 is 9.16 Å². The van der Waals surface area contributed by atoms with Gasteiger partial charge in [-0.2, -0.15) is 0 Å². The smallest absolute Gasteiger partial charge is 0.197 e. The van der Waals surface area contributed by atoms with Crippen LogP contribution in [0.4, 0.5) is 0 Å². The predicted molar refractivity (Wildman–Crippen MR) is 76.0 cm³/mol. The van der Waals surface area contributed by atoms with Gasteiger partial charge >= 0.3 is 0 Å². The molecule has 0 saturated carbocycles. The van der Waals surface area contributed by atoms with Gasteiger partial charge in [0.25, 0.3) is 0 Å². The van der Waals surface area contributed by atoms with Crippen LogP contribution >= 0.6 is 0 Å². The van der Waals surface area contributed by atoms with Crippen molar-refractivity contribution in [2.24, 2.45) is 0 Å². The molecule has 1 fully saturated rings. The number of hydrogen-bond donors (Lipinski definition) is 0. The van der Waals surface area contributed by atoms with Gasteiger partial charge in [0.1, 0.15) is 0 Å². The topological polar surface area (TPSA) is 21.8 Å². The zero-order chi connectivity index (χ0) is 12.9. The lowest BCUT2D eigenvalue weighted by atomic mass is 10.2. The molecule has 0 radical (unpaired) electrons. The van der Waals surface area contributed by atoms with Crippen LogP contribution in [0.5, 0.6) is 0 Å². The third kappa shape index (κ3) is 4.38. The molecule has 1 aliphatic heterocycles. The lowest BCUT2D eigenvalue weighted by Crippen LogP contribution is -2.44. The second-order valence-corrected chi connectivity index (χ2v) is 10.9. The Kier molecular flexibility index (Phi) is 6.17. The third-order valence-corrected chi connectivity index (χ3v) is 9.98. The maximum Gasteiger partial charge on any atom is 0.197 e. The molecule has 0 N–H and O–H groups in total. The molecule has 0 aliphatic carbocycles. The zero-order valence-electron chi connectivity index (χ0n) is 12.3. The largest absolute Gasteiger partial charge is 0.417 e. The summed E-state index contributed by atoms with van der Waals surface area (Å²) in [6.45, 7) is 13.4. The summed E-state index contributed by atoms with van der Waals surface area (Å²) in [5.74, 6) is 0. The van der Waals surface area contributed by atoms with Gasteiger partial charge in [0, 0.05) is 6.61 Å². The van der Waals surface area contributed by atoms with E-state index in [1.165, 1.54) is 25.3 Å². The molecule has 1 saturated heterocycles. The molecule has 0 aromatic rings. The molecule has 0 bridgehead atoms. The quantitative estimate of drug-likeness (QED) is 0.348. The summed E-state index contributed by atoms with van der Waals surface area (Å²) in [5, 5.41) is 0. The highest BCUT2D eigenvalue weighted by Gasteiger charge is 2.41. The molecule has 1 atom stereocenters. The van der Waals surface area contributed by atoms with Crippen LogP contribution in [-0.2, 0) is 9.16 Å². The Morgan fingerprint density at radius 1 is 1.18 bits per heavy atom. The van der Waals surface area contributed by atoms with Crippen LogP contribution in [0.2, 0.25) is 17.1 Å². The summed E-state index contributed by atoms with van der Waals surface area (Å²) in [6.07, 6.45) is 4.48. The van der Waals surface area contributed by atoms with Gasteiger partial charge in [-0.25, -0.2) is 0 Å². The molecule has 0 spiro atoms. The maximum absolute atomic E-state index is 6.28. The fourth-order valence-corrected chi connectivity index (χ4v) is 7.57. The van der Waals surface area contributed by atoms with Crippen molar-refractivity contribution in [2.75, 3.05) is 13.2 Å². The molecular weight excluding hydrogens is 228 g/mol. The second kappa shape index (κ2) is 6.91. The number of unbranched alkanes of at least 4 members (excludes halogenated alkanes) is 1. The van der Waals surface area contributed by atoms with Gasteiger partial charge in [0.2, 0.25) is 0 Å². The van der Waals surface area contributed by atoms with Gasteiger partial charge in [-0.15, -0.1) is 0 Å². The Balaban J connectivity index is 2.41. The number of epoxide rings is 1. The zero-order valence-corrected chi connectivity index (χ0v) is 13.3. The monoisotopic (exact) mass is 258 g/mol. The molecule has 0 amide bonds. The molecule has 3 heteroatoms. The summed E-state index contributed by atoms with van der Waals surface area (Å²) >= 11 is 0. The second-order valence-electron chi connectivity index (χ2n) is 5.90. The summed E-state index contributed by atoms with van der Waals surface area (Å²) in [7, 11) is -1.54. The predicted octanol–water partition coefficient (Wildman–Crippen LogP) is 4.36. The molecule has 1 unspecified atom stereocenters. The van der Waals surface area contributed by atoms with E-state index in [2.05, 4.69) is 34.6 Å². The molecule has 1 rings (SSSR count). The van der Waals surface area contributed by atoms with Gasteiger partial charge < -0.3 is 9.16 Å². The minimum atomic E-state index is -1.54. The minimum absolute atomic E-state index is 0.594. The Hall–Kier alpha value is 0.137. The van der Waals surface area contributed by atoms with E-state index in [0.717, 1.165) is 24.3 Å². The Labute approximate surface area is 108 Å². The fraction of sp³-hybridized carbons (Fsp3) is 1.00. The van der Waals surface area contributed by atoms with Crippen LogP contribution < -0.4 is 0 Å². The first-order chi connectivity index (χ1) is 8.03. The van der Waals surface area contributed by atoms with Crippen molar-refractivity contribution >= 4 is 8.32 Å². The highest BCUT2D eigenvalue weighted by atomic mass is 28.4. The number of ether oxygens (including phenoxy) is 1. The highest BCUT2D eigenvalue weighted by molar-refractivity contribution is 6.76. The van der Waals surface area contributed by atoms with E-state index in [9.17, 15) is 0 Å². The van der Waals surface area contributed by atoms with Gasteiger partial charge in [-0.05, 0) is 30.5 Å². The molecule has 17 heavy (non-hydrogen) atoms. The van der Waals surface area contributed by atoms with E-state index in [1.54, 1.807) is 0 Å². The van der Waals surface area contributed by atoms with Crippen LogP contribution in [-0.4, -0.2) is 27.6 Å². The lowest BCUT2D eigenvalue weighted by Gasteiger charge is -2.38. The molecule has 102 valence electrons. The van der Waals surface area contributed by atoms with E-state index in [1.807, 2.05) is 0 Å². The first kappa shape index (κ1) is 15.2. The molecule has 0 aromatic carbocycles. The van der Waals surface area contributed by atoms with E-state index >= 15 is 0 Å². The summed E-state index contributed by atoms with van der Waals surface area (Å²) in [4.78, 5) is 0. The summed E-state index contributed by atoms with van der Waals surface area (Å²) < 4.78 is 11.5. The SMILES string of the molecule is CCO[Si](CCCCC1CO1)(C(C)C)C(C)C. The van der Waals surface area contributed by atoms with E-state index in [0.29, 0.717) is 6.10 Å². The fourth-order valence-electron chi connectivity index (χ4n) is 2.93. The lowest BCUT2D eigenvalue weighted by molar-refractivity contribution is 0.302. The van der Waals surface area contributed by atoms with Crippen LogP contribution in [0.3, 0.4) is 0 Å². The van der Waals surface area contributed by atoms with Crippen LogP contribution in [0.15, 0.2) is 0 Å². The normalized spacial score (nSPS) is 20.3. The van der Waals surface area contributed by atoms with Crippen LogP contribution in [0.25, 0.3) is 0 Å². The molecule has 2 nitrogen and oxygen atoms in total. The maximum atomic E-state index is 6.28. The van der Waals surface area contributed by atoms with Gasteiger partial charge in [0.15, 0.2) is 8.32 Å². The van der Waals surface area contributed by atoms with Crippen molar-refractivity contribution in [3.8, 4) is 0 Å². The van der Waals surface area contributed by atoms with Crippen molar-refractivity contribution in [3.05, 3.63) is 0 Å². The Bertz CT molecular complexity index is 204. The molecule has 1 aliphatic rings. The van der Waals surface area contributed by atoms with Crippen molar-refractivity contribution in [3.63, 3.8) is 0 Å². The molecule has 1 heterocycles. The minimum Gasteiger partial charge on any atom is -0.417 e. The number of rotatable bonds is 9. The van der Waals surface area contributed by atoms with Crippen LogP contribution in [0, 0.1) is 0 Å². The first-order valence-corrected chi connectivity index (χ1v) is 9.55. The summed E-state index contributed by atoms with van der Waals surface area (Å²) in [5.41, 5.74) is 1.44. The Morgan fingerprint density at radius 3 is 2.18 bits per heavy atom. The van der Waals surface area contributed by atoms with Crippen molar-refractivity contribution in [1.29, 1.82) is 0 Å². The van der Waals surface area contributed by atoms with Gasteiger partial charge in [0.05, 0.1) is 12.7 Å². The first-order valence-electron chi connectivity index (χ1n) is 7.28. The summed E-state index contributed by atoms with van der Waals surface area (Å²) in [6, 6.07) is 1.32. The van der Waals surface area contributed by atoms with Crippen molar-refractivity contribution in [1.82, 2.24) is 0 Å². The Morgan fingerprint density at radius 2 is 1.76 bits per heavy atom. The van der Waals surface area contributed by atoms with E-state index in [-0.39, 0.29) is 0 Å². The van der Waals surface area contributed by atoms with Crippen LogP contribution in [0.1, 0.15) is 53.9 Å². The average Bonchev–Trinajstić information content (AvgIpc) is 3.05. The third-order valence-electron chi connectivity index (χ3n) is 4.11. The van der Waals surface area contributed by atoms with Crippen molar-refractivity contribution in [2.45, 2.75) is 77.1 Å². The molecule has 0 aromatic heterocycles. The van der Waals surface area contributed by atoms with Gasteiger partial charge in [-0.1, -0.05) is 40.5 Å².